The molecule has 1 saturated carbocycles. The summed E-state index contributed by atoms with van der Waals surface area (Å²) in [5.74, 6) is 0.626. The molecule has 0 radical (unpaired) electrons. The van der Waals surface area contributed by atoms with Gasteiger partial charge in [0.1, 0.15) is 5.75 Å². The zero-order chi connectivity index (χ0) is 17.5. The molecule has 0 saturated heterocycles. The fraction of sp³-hybridized carbons (Fsp3) is 0.333. The molecule has 0 aliphatic heterocycles. The third-order valence-electron chi connectivity index (χ3n) is 4.34. The van der Waals surface area contributed by atoms with E-state index < -0.39 is 0 Å². The second-order valence-electron chi connectivity index (χ2n) is 6.24. The maximum atomic E-state index is 12.4. The summed E-state index contributed by atoms with van der Waals surface area (Å²) < 4.78 is 5.59. The Morgan fingerprint density at radius 3 is 2.64 bits per heavy atom. The first-order chi connectivity index (χ1) is 12.2. The van der Waals surface area contributed by atoms with E-state index in [0.717, 1.165) is 5.56 Å². The summed E-state index contributed by atoms with van der Waals surface area (Å²) in [5, 5.41) is 9.36. The van der Waals surface area contributed by atoms with Crippen molar-refractivity contribution in [3.05, 3.63) is 59.7 Å². The molecule has 0 spiro atoms. The van der Waals surface area contributed by atoms with Gasteiger partial charge in [0.05, 0.1) is 12.5 Å². The minimum absolute atomic E-state index is 0.0185. The van der Waals surface area contributed by atoms with Gasteiger partial charge in [0.25, 0.3) is 0 Å². The van der Waals surface area contributed by atoms with Crippen LogP contribution < -0.4 is 4.74 Å². The van der Waals surface area contributed by atoms with Gasteiger partial charge in [0.2, 0.25) is 0 Å². The van der Waals surface area contributed by atoms with Crippen molar-refractivity contribution in [1.29, 1.82) is 5.26 Å². The monoisotopic (exact) mass is 351 g/mol. The van der Waals surface area contributed by atoms with Gasteiger partial charge >= 0.3 is 0 Å². The topological polar surface area (TPSA) is 50.1 Å². The van der Waals surface area contributed by atoms with Crippen LogP contribution in [0.4, 0.5) is 0 Å². The van der Waals surface area contributed by atoms with Crippen molar-refractivity contribution in [2.45, 2.75) is 42.2 Å². The Morgan fingerprint density at radius 1 is 1.16 bits per heavy atom. The van der Waals surface area contributed by atoms with Crippen LogP contribution in [-0.4, -0.2) is 17.6 Å². The highest BCUT2D eigenvalue weighted by atomic mass is 32.2. The van der Waals surface area contributed by atoms with E-state index in [1.165, 1.54) is 30.6 Å². The molecule has 4 heteroatoms. The summed E-state index contributed by atoms with van der Waals surface area (Å²) in [7, 11) is 0. The minimum atomic E-state index is -0.0185. The average Bonchev–Trinajstić information content (AvgIpc) is 3.14. The van der Waals surface area contributed by atoms with Crippen molar-refractivity contribution in [3.8, 4) is 11.8 Å². The number of carbonyl (C=O) groups is 1. The predicted octanol–water partition coefficient (Wildman–Crippen LogP) is 5.05. The summed E-state index contributed by atoms with van der Waals surface area (Å²) in [6.45, 7) is 0.0230. The Bertz CT molecular complexity index is 758. The SMILES string of the molecule is N#CCc1ccc(OCC(=O)c2cccc(SC3CCCC3)c2)cc1. The van der Waals surface area contributed by atoms with Gasteiger partial charge in [0.15, 0.2) is 12.4 Å². The Hall–Kier alpha value is -2.25. The fourth-order valence-electron chi connectivity index (χ4n) is 2.97. The number of ether oxygens (including phenoxy) is 1. The van der Waals surface area contributed by atoms with E-state index in [-0.39, 0.29) is 12.4 Å². The van der Waals surface area contributed by atoms with E-state index in [1.54, 1.807) is 12.1 Å². The van der Waals surface area contributed by atoms with Crippen LogP contribution in [0, 0.1) is 11.3 Å². The van der Waals surface area contributed by atoms with Crippen LogP contribution in [0.1, 0.15) is 41.6 Å². The number of rotatable bonds is 7. The van der Waals surface area contributed by atoms with Crippen molar-refractivity contribution in [3.63, 3.8) is 0 Å². The zero-order valence-corrected chi connectivity index (χ0v) is 14.9. The van der Waals surface area contributed by atoms with E-state index in [2.05, 4.69) is 12.1 Å². The number of carbonyl (C=O) groups excluding carboxylic acids is 1. The summed E-state index contributed by atoms with van der Waals surface area (Å²) in [5.41, 5.74) is 1.64. The number of hydrogen-bond donors (Lipinski definition) is 0. The van der Waals surface area contributed by atoms with E-state index in [9.17, 15) is 4.79 Å². The van der Waals surface area contributed by atoms with Crippen LogP contribution in [0.15, 0.2) is 53.4 Å². The van der Waals surface area contributed by atoms with Crippen molar-refractivity contribution >= 4 is 17.5 Å². The van der Waals surface area contributed by atoms with Crippen LogP contribution in [0.5, 0.6) is 5.75 Å². The van der Waals surface area contributed by atoms with Gasteiger partial charge in [-0.2, -0.15) is 5.26 Å². The molecule has 25 heavy (non-hydrogen) atoms. The first-order valence-electron chi connectivity index (χ1n) is 8.63. The predicted molar refractivity (Wildman–Crippen MR) is 100 cm³/mol. The molecule has 0 atom stereocenters. The smallest absolute Gasteiger partial charge is 0.200 e. The molecule has 0 aromatic heterocycles. The standard InChI is InChI=1S/C21H21NO2S/c22-13-12-16-8-10-18(11-9-16)24-15-21(23)17-4-3-7-20(14-17)25-19-5-1-2-6-19/h3-4,7-11,14,19H,1-2,5-6,12,15H2. The molecule has 2 aromatic rings. The summed E-state index contributed by atoms with van der Waals surface area (Å²) in [6.07, 6.45) is 5.56. The summed E-state index contributed by atoms with van der Waals surface area (Å²) >= 11 is 1.88. The van der Waals surface area contributed by atoms with Crippen molar-refractivity contribution in [1.82, 2.24) is 0 Å². The molecule has 1 fully saturated rings. The van der Waals surface area contributed by atoms with Gasteiger partial charge in [-0.25, -0.2) is 0 Å². The van der Waals surface area contributed by atoms with Crippen LogP contribution in [-0.2, 0) is 6.42 Å². The first kappa shape index (κ1) is 17.6. The summed E-state index contributed by atoms with van der Waals surface area (Å²) in [6, 6.07) is 17.3. The molecule has 3 rings (SSSR count). The number of thioether (sulfide) groups is 1. The lowest BCUT2D eigenvalue weighted by Gasteiger charge is -2.10. The maximum absolute atomic E-state index is 12.4. The maximum Gasteiger partial charge on any atom is 0.200 e. The number of nitrogens with zero attached hydrogens (tertiary/aromatic N) is 1. The number of nitriles is 1. The van der Waals surface area contributed by atoms with Gasteiger partial charge in [-0.15, -0.1) is 11.8 Å². The van der Waals surface area contributed by atoms with Crippen LogP contribution >= 0.6 is 11.8 Å². The van der Waals surface area contributed by atoms with Gasteiger partial charge in [-0.3, -0.25) is 4.79 Å². The lowest BCUT2D eigenvalue weighted by atomic mass is 10.1. The Morgan fingerprint density at radius 2 is 1.92 bits per heavy atom. The zero-order valence-electron chi connectivity index (χ0n) is 14.1. The molecule has 0 unspecified atom stereocenters. The Balaban J connectivity index is 1.56. The molecule has 1 aliphatic carbocycles. The molecule has 2 aromatic carbocycles. The lowest BCUT2D eigenvalue weighted by Crippen LogP contribution is -2.11. The average molecular weight is 351 g/mol. The van der Waals surface area contributed by atoms with Crippen molar-refractivity contribution < 1.29 is 9.53 Å². The molecule has 0 amide bonds. The molecule has 3 nitrogen and oxygen atoms in total. The highest BCUT2D eigenvalue weighted by molar-refractivity contribution is 8.00. The molecular weight excluding hydrogens is 330 g/mol. The minimum Gasteiger partial charge on any atom is -0.485 e. The quantitative estimate of drug-likeness (QED) is 0.655. The van der Waals surface area contributed by atoms with E-state index in [0.29, 0.717) is 23.0 Å². The molecule has 0 N–H and O–H groups in total. The number of benzene rings is 2. The van der Waals surface area contributed by atoms with Crippen molar-refractivity contribution in [2.75, 3.05) is 6.61 Å². The second-order valence-corrected chi connectivity index (χ2v) is 7.62. The highest BCUT2D eigenvalue weighted by Gasteiger charge is 2.17. The fourth-order valence-corrected chi connectivity index (χ4v) is 4.27. The van der Waals surface area contributed by atoms with Crippen LogP contribution in [0.3, 0.4) is 0 Å². The number of hydrogen-bond acceptors (Lipinski definition) is 4. The number of ketones is 1. The largest absolute Gasteiger partial charge is 0.485 e. The Kier molecular flexibility index (Phi) is 6.14. The number of Topliss-reactive ketones (excluding diaryl/α,β-unsaturated/α-hetero) is 1. The van der Waals surface area contributed by atoms with E-state index in [4.69, 9.17) is 10.00 Å². The van der Waals surface area contributed by atoms with Crippen LogP contribution in [0.2, 0.25) is 0 Å². The molecule has 128 valence electrons. The third-order valence-corrected chi connectivity index (χ3v) is 5.67. The summed E-state index contributed by atoms with van der Waals surface area (Å²) in [4.78, 5) is 13.6. The highest BCUT2D eigenvalue weighted by Crippen LogP contribution is 2.34. The van der Waals surface area contributed by atoms with Gasteiger partial charge in [-0.05, 0) is 42.7 Å². The Labute approximate surface area is 153 Å². The van der Waals surface area contributed by atoms with Gasteiger partial charge < -0.3 is 4.74 Å². The normalized spacial score (nSPS) is 14.2. The first-order valence-corrected chi connectivity index (χ1v) is 9.51. The van der Waals surface area contributed by atoms with Gasteiger partial charge in [0, 0.05) is 15.7 Å². The van der Waals surface area contributed by atoms with E-state index in [1.807, 2.05) is 42.1 Å². The lowest BCUT2D eigenvalue weighted by molar-refractivity contribution is 0.0921. The molecule has 1 aliphatic rings. The molecular formula is C21H21NO2S. The second kappa shape index (κ2) is 8.73. The third kappa shape index (κ3) is 5.11. The molecule has 0 bridgehead atoms. The van der Waals surface area contributed by atoms with Gasteiger partial charge in [-0.1, -0.05) is 37.1 Å². The van der Waals surface area contributed by atoms with Crippen LogP contribution in [0.25, 0.3) is 0 Å². The molecule has 0 heterocycles. The van der Waals surface area contributed by atoms with E-state index >= 15 is 0 Å². The van der Waals surface area contributed by atoms with Crippen molar-refractivity contribution in [2.24, 2.45) is 0 Å².